The number of anilines is 3. The van der Waals surface area contributed by atoms with Gasteiger partial charge in [-0.1, -0.05) is 30.3 Å². The number of ether oxygens (including phenoxy) is 1. The van der Waals surface area contributed by atoms with Crippen LogP contribution in [0.2, 0.25) is 0 Å². The molecule has 0 radical (unpaired) electrons. The fourth-order valence-corrected chi connectivity index (χ4v) is 3.60. The number of nitrogens with zero attached hydrogens (tertiary/aromatic N) is 2. The zero-order valence-electron chi connectivity index (χ0n) is 16.8. The molecular weight excluding hydrogens is 362 g/mol. The molecular formula is C24H25N3O2. The van der Waals surface area contributed by atoms with Gasteiger partial charge in [-0.15, -0.1) is 0 Å². The molecule has 3 aromatic rings. The van der Waals surface area contributed by atoms with E-state index in [2.05, 4.69) is 16.4 Å². The second-order valence-corrected chi connectivity index (χ2v) is 7.41. The Balaban J connectivity index is 1.58. The van der Waals surface area contributed by atoms with Gasteiger partial charge in [0.25, 0.3) is 5.91 Å². The number of para-hydroxylation sites is 3. The van der Waals surface area contributed by atoms with Crippen LogP contribution in [0.25, 0.3) is 0 Å². The Morgan fingerprint density at radius 3 is 2.76 bits per heavy atom. The summed E-state index contributed by atoms with van der Waals surface area (Å²) >= 11 is 0. The summed E-state index contributed by atoms with van der Waals surface area (Å²) in [4.78, 5) is 19.5. The molecule has 5 nitrogen and oxygen atoms in total. The van der Waals surface area contributed by atoms with E-state index in [0.29, 0.717) is 11.4 Å². The average molecular weight is 387 g/mol. The van der Waals surface area contributed by atoms with Crippen molar-refractivity contribution in [3.05, 3.63) is 78.0 Å². The molecule has 2 aromatic carbocycles. The number of nitrogens with one attached hydrogen (secondary N) is 1. The summed E-state index contributed by atoms with van der Waals surface area (Å²) in [6, 6.07) is 19.4. The van der Waals surface area contributed by atoms with Crippen molar-refractivity contribution in [3.8, 4) is 5.75 Å². The van der Waals surface area contributed by atoms with Crippen LogP contribution in [0.1, 0.15) is 36.2 Å². The van der Waals surface area contributed by atoms with Crippen LogP contribution in [0.3, 0.4) is 0 Å². The predicted molar refractivity (Wildman–Crippen MR) is 116 cm³/mol. The van der Waals surface area contributed by atoms with Crippen molar-refractivity contribution < 1.29 is 9.53 Å². The minimum Gasteiger partial charge on any atom is -0.489 e. The second-order valence-electron chi connectivity index (χ2n) is 7.41. The van der Waals surface area contributed by atoms with E-state index in [0.717, 1.165) is 36.5 Å². The summed E-state index contributed by atoms with van der Waals surface area (Å²) in [6.45, 7) is 4.71. The van der Waals surface area contributed by atoms with Crippen LogP contribution in [0, 0.1) is 0 Å². The number of aromatic nitrogens is 1. The number of hydrogen-bond acceptors (Lipinski definition) is 4. The second kappa shape index (κ2) is 8.35. The van der Waals surface area contributed by atoms with Crippen LogP contribution in [0.4, 0.5) is 17.2 Å². The highest BCUT2D eigenvalue weighted by atomic mass is 16.5. The SMILES string of the molecule is CC(C)Oc1ccccc1Nc1cc(C(=O)N2CCCc3ccccc32)ccn1. The summed E-state index contributed by atoms with van der Waals surface area (Å²) in [6.07, 6.45) is 3.71. The normalized spacial score (nSPS) is 13.1. The maximum absolute atomic E-state index is 13.2. The van der Waals surface area contributed by atoms with E-state index < -0.39 is 0 Å². The molecule has 1 aromatic heterocycles. The summed E-state index contributed by atoms with van der Waals surface area (Å²) in [5, 5.41) is 3.29. The molecule has 29 heavy (non-hydrogen) atoms. The molecule has 0 saturated carbocycles. The Morgan fingerprint density at radius 1 is 1.10 bits per heavy atom. The van der Waals surface area contributed by atoms with Crippen molar-refractivity contribution >= 4 is 23.1 Å². The highest BCUT2D eigenvalue weighted by Gasteiger charge is 2.23. The van der Waals surface area contributed by atoms with Crippen molar-refractivity contribution in [3.63, 3.8) is 0 Å². The van der Waals surface area contributed by atoms with Gasteiger partial charge in [0.05, 0.1) is 11.8 Å². The van der Waals surface area contributed by atoms with Gasteiger partial charge >= 0.3 is 0 Å². The smallest absolute Gasteiger partial charge is 0.258 e. The van der Waals surface area contributed by atoms with Gasteiger partial charge in [0.1, 0.15) is 11.6 Å². The number of pyridine rings is 1. The van der Waals surface area contributed by atoms with E-state index in [1.165, 1.54) is 5.56 Å². The average Bonchev–Trinajstić information content (AvgIpc) is 2.74. The Morgan fingerprint density at radius 2 is 1.90 bits per heavy atom. The topological polar surface area (TPSA) is 54.5 Å². The van der Waals surface area contributed by atoms with Gasteiger partial charge in [0.2, 0.25) is 0 Å². The van der Waals surface area contributed by atoms with E-state index in [4.69, 9.17) is 4.74 Å². The summed E-state index contributed by atoms with van der Waals surface area (Å²) < 4.78 is 5.86. The number of rotatable bonds is 5. The van der Waals surface area contributed by atoms with Crippen molar-refractivity contribution in [1.82, 2.24) is 4.98 Å². The third-order valence-corrected chi connectivity index (χ3v) is 4.87. The van der Waals surface area contributed by atoms with Crippen LogP contribution in [-0.4, -0.2) is 23.5 Å². The van der Waals surface area contributed by atoms with E-state index in [9.17, 15) is 4.79 Å². The van der Waals surface area contributed by atoms with Gasteiger partial charge < -0.3 is 15.0 Å². The summed E-state index contributed by atoms with van der Waals surface area (Å²) in [5.74, 6) is 1.36. The predicted octanol–water partition coefficient (Wildman–Crippen LogP) is 5.21. The number of amides is 1. The number of benzene rings is 2. The van der Waals surface area contributed by atoms with Crippen molar-refractivity contribution in [2.45, 2.75) is 32.8 Å². The number of hydrogen-bond donors (Lipinski definition) is 1. The van der Waals surface area contributed by atoms with Crippen LogP contribution in [0.15, 0.2) is 66.9 Å². The van der Waals surface area contributed by atoms with Crippen LogP contribution >= 0.6 is 0 Å². The zero-order chi connectivity index (χ0) is 20.2. The van der Waals surface area contributed by atoms with E-state index in [-0.39, 0.29) is 12.0 Å². The molecule has 2 heterocycles. The molecule has 1 N–H and O–H groups in total. The monoisotopic (exact) mass is 387 g/mol. The molecule has 1 aliphatic rings. The van der Waals surface area contributed by atoms with Gasteiger partial charge in [0.15, 0.2) is 0 Å². The molecule has 0 saturated heterocycles. The maximum Gasteiger partial charge on any atom is 0.258 e. The van der Waals surface area contributed by atoms with Crippen LogP contribution < -0.4 is 15.0 Å². The lowest BCUT2D eigenvalue weighted by atomic mass is 10.0. The minimum absolute atomic E-state index is 0.00526. The molecule has 0 aliphatic carbocycles. The maximum atomic E-state index is 13.2. The lowest BCUT2D eigenvalue weighted by molar-refractivity contribution is 0.0985. The number of carbonyl (C=O) groups is 1. The minimum atomic E-state index is -0.00526. The standard InChI is InChI=1S/C24H25N3O2/c1-17(2)29-22-12-6-4-10-20(22)26-23-16-19(13-14-25-23)24(28)27-15-7-9-18-8-3-5-11-21(18)27/h3-6,8,10-14,16-17H,7,9,15H2,1-2H3,(H,25,26). The molecule has 0 fully saturated rings. The molecule has 1 aliphatic heterocycles. The van der Waals surface area contributed by atoms with E-state index in [1.807, 2.05) is 61.2 Å². The van der Waals surface area contributed by atoms with Gasteiger partial charge in [0, 0.05) is 24.0 Å². The fraction of sp³-hybridized carbons (Fsp3) is 0.250. The lowest BCUT2D eigenvalue weighted by Gasteiger charge is -2.29. The molecule has 148 valence electrons. The Bertz CT molecular complexity index is 1020. The van der Waals surface area contributed by atoms with Crippen molar-refractivity contribution in [2.75, 3.05) is 16.8 Å². The first kappa shape index (κ1) is 19.0. The first-order chi connectivity index (χ1) is 14.1. The molecule has 0 unspecified atom stereocenters. The van der Waals surface area contributed by atoms with Crippen molar-refractivity contribution in [2.24, 2.45) is 0 Å². The van der Waals surface area contributed by atoms with Gasteiger partial charge in [-0.25, -0.2) is 4.98 Å². The van der Waals surface area contributed by atoms with Gasteiger partial charge in [-0.3, -0.25) is 4.79 Å². The molecule has 0 spiro atoms. The van der Waals surface area contributed by atoms with Gasteiger partial charge in [-0.2, -0.15) is 0 Å². The first-order valence-electron chi connectivity index (χ1n) is 10.0. The number of carbonyl (C=O) groups excluding carboxylic acids is 1. The van der Waals surface area contributed by atoms with Gasteiger partial charge in [-0.05, 0) is 62.6 Å². The van der Waals surface area contributed by atoms with E-state index in [1.54, 1.807) is 18.3 Å². The highest BCUT2D eigenvalue weighted by molar-refractivity contribution is 6.07. The third kappa shape index (κ3) is 4.24. The lowest BCUT2D eigenvalue weighted by Crippen LogP contribution is -2.35. The highest BCUT2D eigenvalue weighted by Crippen LogP contribution is 2.30. The summed E-state index contributed by atoms with van der Waals surface area (Å²) in [5.41, 5.74) is 3.66. The molecule has 0 bridgehead atoms. The molecule has 1 amide bonds. The number of aryl methyl sites for hydroxylation is 1. The Labute approximate surface area is 171 Å². The molecule has 0 atom stereocenters. The van der Waals surface area contributed by atoms with Crippen LogP contribution in [-0.2, 0) is 6.42 Å². The third-order valence-electron chi connectivity index (χ3n) is 4.87. The first-order valence-corrected chi connectivity index (χ1v) is 10.0. The Hall–Kier alpha value is -3.34. The van der Waals surface area contributed by atoms with E-state index >= 15 is 0 Å². The fourth-order valence-electron chi connectivity index (χ4n) is 3.60. The molecule has 4 rings (SSSR count). The Kier molecular flexibility index (Phi) is 5.47. The zero-order valence-corrected chi connectivity index (χ0v) is 16.8. The summed E-state index contributed by atoms with van der Waals surface area (Å²) in [7, 11) is 0. The van der Waals surface area contributed by atoms with Crippen molar-refractivity contribution in [1.29, 1.82) is 0 Å². The largest absolute Gasteiger partial charge is 0.489 e. The quantitative estimate of drug-likeness (QED) is 0.653. The number of fused-ring (bicyclic) bond motifs is 1. The van der Waals surface area contributed by atoms with Crippen LogP contribution in [0.5, 0.6) is 5.75 Å². The molecule has 5 heteroatoms.